The van der Waals surface area contributed by atoms with Crippen molar-refractivity contribution in [1.29, 1.82) is 0 Å². The van der Waals surface area contributed by atoms with Gasteiger partial charge in [-0.2, -0.15) is 5.10 Å². The molecule has 4 rings (SSSR count). The fourth-order valence-corrected chi connectivity index (χ4v) is 3.35. The Labute approximate surface area is 183 Å². The van der Waals surface area contributed by atoms with Gasteiger partial charge in [0.05, 0.1) is 17.0 Å². The van der Waals surface area contributed by atoms with Gasteiger partial charge in [0, 0.05) is 24.0 Å². The predicted octanol–water partition coefficient (Wildman–Crippen LogP) is 4.99. The molecule has 0 aliphatic heterocycles. The zero-order chi connectivity index (χ0) is 20.5. The lowest BCUT2D eigenvalue weighted by atomic mass is 10.1. The van der Waals surface area contributed by atoms with E-state index < -0.39 is 22.9 Å². The van der Waals surface area contributed by atoms with Crippen molar-refractivity contribution in [2.45, 2.75) is 14.9 Å². The van der Waals surface area contributed by atoms with Crippen LogP contribution in [-0.4, -0.2) is 33.0 Å². The summed E-state index contributed by atoms with van der Waals surface area (Å²) in [4.78, 5) is 15.1. The number of aliphatic hydroxyl groups is 1. The summed E-state index contributed by atoms with van der Waals surface area (Å²) in [6.45, 7) is 0.373. The minimum Gasteiger partial charge on any atom is -0.395 e. The van der Waals surface area contributed by atoms with Gasteiger partial charge in [-0.25, -0.2) is 13.5 Å². The van der Waals surface area contributed by atoms with E-state index in [4.69, 9.17) is 16.7 Å². The molecule has 2 heterocycles. The van der Waals surface area contributed by atoms with E-state index in [0.29, 0.717) is 12.1 Å². The van der Waals surface area contributed by atoms with Crippen LogP contribution >= 0.6 is 11.6 Å². The fraction of sp³-hybridized carbons (Fsp3) is 0.182. The number of benzene rings is 2. The summed E-state index contributed by atoms with van der Waals surface area (Å²) < 4.78 is 29.9. The smallest absolute Gasteiger partial charge is 0.259 e. The molecule has 164 valence electrons. The van der Waals surface area contributed by atoms with Gasteiger partial charge in [0.25, 0.3) is 5.56 Å². The van der Waals surface area contributed by atoms with Crippen molar-refractivity contribution in [3.63, 3.8) is 0 Å². The average molecular weight is 449 g/mol. The third kappa shape index (κ3) is 4.30. The van der Waals surface area contributed by atoms with Crippen LogP contribution in [0.15, 0.2) is 53.5 Å². The molecule has 0 aliphatic rings. The summed E-state index contributed by atoms with van der Waals surface area (Å²) >= 11 is 6.26. The highest BCUT2D eigenvalue weighted by Gasteiger charge is 2.22. The third-order valence-electron chi connectivity index (χ3n) is 4.42. The summed E-state index contributed by atoms with van der Waals surface area (Å²) in [5.41, 5.74) is 0.769. The molecule has 0 atom stereocenters. The first kappa shape index (κ1) is 24.0. The summed E-state index contributed by atoms with van der Waals surface area (Å²) in [5.74, 6) is -1.67. The number of aromatic nitrogens is 3. The number of H-pyrrole nitrogens is 1. The van der Waals surface area contributed by atoms with Gasteiger partial charge in [0.15, 0.2) is 11.6 Å². The molecular formula is C22H23ClF2N4O2. The summed E-state index contributed by atoms with van der Waals surface area (Å²) in [7, 11) is 0. The number of anilines is 1. The molecule has 0 saturated carbocycles. The number of fused-ring (bicyclic) bond motifs is 1. The molecule has 2 aromatic carbocycles. The Morgan fingerprint density at radius 2 is 1.74 bits per heavy atom. The molecule has 0 bridgehead atoms. The van der Waals surface area contributed by atoms with Gasteiger partial charge in [-0.3, -0.25) is 4.79 Å². The van der Waals surface area contributed by atoms with E-state index in [9.17, 15) is 13.6 Å². The van der Waals surface area contributed by atoms with Crippen LogP contribution in [0.5, 0.6) is 0 Å². The summed E-state index contributed by atoms with van der Waals surface area (Å²) in [6, 6.07) is 10.4. The number of aromatic amines is 1. The van der Waals surface area contributed by atoms with Crippen molar-refractivity contribution in [2.75, 3.05) is 18.5 Å². The third-order valence-corrected chi connectivity index (χ3v) is 4.71. The zero-order valence-corrected chi connectivity index (χ0v) is 15.7. The molecule has 9 heteroatoms. The Kier molecular flexibility index (Phi) is 7.54. The molecule has 0 amide bonds. The standard InChI is InChI=1S/C20H15ClF2N4O2.2CH4/c21-13-10-25-20(29)16-17(11-4-6-12(7-5-11)24-8-9-28)26-27(18(13)16)19-14(22)2-1-3-15(19)23;;/h1-7,10,24,28H,8-9H2,(H,25,29);2*1H4. The normalized spacial score (nSPS) is 10.5. The molecule has 31 heavy (non-hydrogen) atoms. The lowest BCUT2D eigenvalue weighted by Crippen LogP contribution is -2.07. The molecule has 0 unspecified atom stereocenters. The summed E-state index contributed by atoms with van der Waals surface area (Å²) in [6.07, 6.45) is 1.26. The van der Waals surface area contributed by atoms with Crippen molar-refractivity contribution in [3.05, 3.63) is 75.7 Å². The van der Waals surface area contributed by atoms with Crippen LogP contribution in [-0.2, 0) is 0 Å². The van der Waals surface area contributed by atoms with Crippen molar-refractivity contribution in [3.8, 4) is 16.9 Å². The van der Waals surface area contributed by atoms with Crippen LogP contribution in [0.2, 0.25) is 5.02 Å². The Morgan fingerprint density at radius 1 is 1.10 bits per heavy atom. The van der Waals surface area contributed by atoms with Gasteiger partial charge in [-0.1, -0.05) is 44.7 Å². The largest absolute Gasteiger partial charge is 0.395 e. The molecule has 0 spiro atoms. The first-order valence-electron chi connectivity index (χ1n) is 8.70. The maximum atomic E-state index is 14.4. The lowest BCUT2D eigenvalue weighted by Gasteiger charge is -2.07. The Bertz CT molecular complexity index is 1230. The minimum atomic E-state index is -0.833. The maximum absolute atomic E-state index is 14.4. The number of nitrogens with one attached hydrogen (secondary N) is 2. The molecule has 0 aliphatic carbocycles. The van der Waals surface area contributed by atoms with Gasteiger partial charge >= 0.3 is 0 Å². The highest BCUT2D eigenvalue weighted by atomic mass is 35.5. The van der Waals surface area contributed by atoms with Crippen LogP contribution < -0.4 is 10.9 Å². The molecule has 3 N–H and O–H groups in total. The van der Waals surface area contributed by atoms with E-state index >= 15 is 0 Å². The van der Waals surface area contributed by atoms with E-state index in [0.717, 1.165) is 22.5 Å². The molecule has 6 nitrogen and oxygen atoms in total. The van der Waals surface area contributed by atoms with Crippen LogP contribution in [0.3, 0.4) is 0 Å². The number of aliphatic hydroxyl groups excluding tert-OH is 1. The Hall–Kier alpha value is -3.23. The van der Waals surface area contributed by atoms with Gasteiger partial charge in [0.1, 0.15) is 16.9 Å². The average Bonchev–Trinajstić information content (AvgIpc) is 3.11. The first-order valence-corrected chi connectivity index (χ1v) is 9.08. The summed E-state index contributed by atoms with van der Waals surface area (Å²) in [5, 5.41) is 16.5. The van der Waals surface area contributed by atoms with E-state index in [1.807, 2.05) is 0 Å². The predicted molar refractivity (Wildman–Crippen MR) is 121 cm³/mol. The highest BCUT2D eigenvalue weighted by molar-refractivity contribution is 6.35. The Balaban J connectivity index is 0.00000171. The topological polar surface area (TPSA) is 82.9 Å². The van der Waals surface area contributed by atoms with E-state index in [1.165, 1.54) is 12.3 Å². The van der Waals surface area contributed by atoms with Crippen molar-refractivity contribution >= 4 is 28.2 Å². The van der Waals surface area contributed by atoms with Crippen molar-refractivity contribution in [2.24, 2.45) is 0 Å². The first-order chi connectivity index (χ1) is 14.0. The SMILES string of the molecule is C.C.O=c1[nH]cc(Cl)c2c1c(-c1ccc(NCCO)cc1)nn2-c1c(F)cccc1F. The number of nitrogens with zero attached hydrogens (tertiary/aromatic N) is 2. The van der Waals surface area contributed by atoms with E-state index in [-0.39, 0.29) is 43.1 Å². The quantitative estimate of drug-likeness (QED) is 0.401. The van der Waals surface area contributed by atoms with Crippen LogP contribution in [0.1, 0.15) is 14.9 Å². The van der Waals surface area contributed by atoms with E-state index in [1.54, 1.807) is 24.3 Å². The van der Waals surface area contributed by atoms with Crippen molar-refractivity contribution in [1.82, 2.24) is 14.8 Å². The maximum Gasteiger partial charge on any atom is 0.259 e. The number of para-hydroxylation sites is 1. The highest BCUT2D eigenvalue weighted by Crippen LogP contribution is 2.33. The zero-order valence-electron chi connectivity index (χ0n) is 14.9. The number of rotatable bonds is 5. The van der Waals surface area contributed by atoms with Crippen LogP contribution in [0.25, 0.3) is 27.8 Å². The van der Waals surface area contributed by atoms with E-state index in [2.05, 4.69) is 15.4 Å². The second kappa shape index (κ2) is 9.72. The Morgan fingerprint density at radius 3 is 2.35 bits per heavy atom. The molecule has 2 aromatic heterocycles. The van der Waals surface area contributed by atoms with Crippen molar-refractivity contribution < 1.29 is 13.9 Å². The molecular weight excluding hydrogens is 426 g/mol. The monoisotopic (exact) mass is 448 g/mol. The van der Waals surface area contributed by atoms with Gasteiger partial charge in [0.2, 0.25) is 0 Å². The van der Waals surface area contributed by atoms with Gasteiger partial charge in [-0.15, -0.1) is 0 Å². The second-order valence-corrected chi connectivity index (χ2v) is 6.65. The second-order valence-electron chi connectivity index (χ2n) is 6.25. The lowest BCUT2D eigenvalue weighted by molar-refractivity contribution is 0.311. The number of hydrogen-bond acceptors (Lipinski definition) is 4. The fourth-order valence-electron chi connectivity index (χ4n) is 3.12. The molecule has 0 radical (unpaired) electrons. The molecule has 4 aromatic rings. The molecule has 0 fully saturated rings. The number of hydrogen-bond donors (Lipinski definition) is 3. The minimum absolute atomic E-state index is 0. The number of pyridine rings is 1. The van der Waals surface area contributed by atoms with Gasteiger partial charge < -0.3 is 15.4 Å². The molecule has 0 saturated heterocycles. The number of halogens is 3. The van der Waals surface area contributed by atoms with Crippen LogP contribution in [0.4, 0.5) is 14.5 Å². The van der Waals surface area contributed by atoms with Crippen LogP contribution in [0, 0.1) is 11.6 Å². The van der Waals surface area contributed by atoms with Gasteiger partial charge in [-0.05, 0) is 24.3 Å².